The third kappa shape index (κ3) is 5.81. The van der Waals surface area contributed by atoms with E-state index in [0.29, 0.717) is 28.8 Å². The van der Waals surface area contributed by atoms with Crippen LogP contribution < -0.4 is 9.47 Å². The summed E-state index contributed by atoms with van der Waals surface area (Å²) in [5.74, 6) is 1.67. The normalized spacial score (nSPS) is 18.6. The number of H-pyrrole nitrogens is 1. The van der Waals surface area contributed by atoms with Crippen LogP contribution >= 0.6 is 0 Å². The fourth-order valence-corrected chi connectivity index (χ4v) is 4.02. The highest BCUT2D eigenvalue weighted by Gasteiger charge is 2.28. The number of rotatable bonds is 9. The van der Waals surface area contributed by atoms with E-state index in [1.807, 2.05) is 19.1 Å². The molecule has 1 aromatic carbocycles. The molecule has 186 valence electrons. The molecule has 3 heterocycles. The molecule has 0 saturated heterocycles. The minimum Gasteiger partial charge on any atom is -0.488 e. The molecular formula is C24H27N3O7S. The van der Waals surface area contributed by atoms with Crippen LogP contribution in [0.3, 0.4) is 0 Å². The Hall–Kier alpha value is -3.41. The van der Waals surface area contributed by atoms with Gasteiger partial charge in [-0.2, -0.15) is 0 Å². The molecule has 10 nitrogen and oxygen atoms in total. The Balaban J connectivity index is 1.64. The molecule has 1 aliphatic rings. The maximum absolute atomic E-state index is 11.7. The Morgan fingerprint density at radius 2 is 1.83 bits per heavy atom. The topological polar surface area (TPSA) is 143 Å². The molecule has 0 spiro atoms. The van der Waals surface area contributed by atoms with Crippen molar-refractivity contribution in [1.29, 1.82) is 0 Å². The van der Waals surface area contributed by atoms with E-state index in [4.69, 9.17) is 14.2 Å². The van der Waals surface area contributed by atoms with Crippen LogP contribution in [0.2, 0.25) is 0 Å². The van der Waals surface area contributed by atoms with Gasteiger partial charge in [-0.25, -0.2) is 18.4 Å². The molecule has 1 aliphatic heterocycles. The summed E-state index contributed by atoms with van der Waals surface area (Å²) in [6.45, 7) is 3.33. The van der Waals surface area contributed by atoms with Crippen molar-refractivity contribution in [2.75, 3.05) is 19.5 Å². The van der Waals surface area contributed by atoms with Crippen LogP contribution in [0.5, 0.6) is 17.2 Å². The second-order valence-electron chi connectivity index (χ2n) is 8.30. The predicted molar refractivity (Wildman–Crippen MR) is 129 cm³/mol. The molecule has 2 aromatic heterocycles. The Labute approximate surface area is 203 Å². The average Bonchev–Trinajstić information content (AvgIpc) is 3.45. The van der Waals surface area contributed by atoms with Gasteiger partial charge < -0.3 is 29.4 Å². The van der Waals surface area contributed by atoms with Crippen molar-refractivity contribution >= 4 is 15.7 Å². The molecule has 0 bridgehead atoms. The molecule has 3 aromatic rings. The van der Waals surface area contributed by atoms with Crippen molar-refractivity contribution in [2.24, 2.45) is 4.99 Å². The summed E-state index contributed by atoms with van der Waals surface area (Å²) < 4.78 is 40.8. The highest BCUT2D eigenvalue weighted by molar-refractivity contribution is 7.90. The van der Waals surface area contributed by atoms with Gasteiger partial charge in [-0.05, 0) is 50.2 Å². The fourth-order valence-electron chi connectivity index (χ4n) is 3.46. The number of ether oxygens (including phenoxy) is 3. The number of hydrogen-bond acceptors (Lipinski definition) is 9. The minimum atomic E-state index is -3.42. The summed E-state index contributed by atoms with van der Waals surface area (Å²) in [6.07, 6.45) is 1.76. The highest BCUT2D eigenvalue weighted by atomic mass is 32.2. The zero-order valence-corrected chi connectivity index (χ0v) is 20.3. The number of aromatic amines is 1. The molecule has 0 saturated carbocycles. The molecule has 3 N–H and O–H groups in total. The van der Waals surface area contributed by atoms with Gasteiger partial charge in [0.15, 0.2) is 14.9 Å². The molecule has 0 amide bonds. The monoisotopic (exact) mass is 501 g/mol. The first-order valence-corrected chi connectivity index (χ1v) is 12.9. The number of nitrogens with zero attached hydrogens (tertiary/aromatic N) is 2. The van der Waals surface area contributed by atoms with Gasteiger partial charge in [0.05, 0.1) is 19.4 Å². The highest BCUT2D eigenvalue weighted by Crippen LogP contribution is 2.33. The number of sulfone groups is 1. The van der Waals surface area contributed by atoms with Gasteiger partial charge in [0, 0.05) is 23.6 Å². The smallest absolute Gasteiger partial charge is 0.233 e. The SMILES string of the molecule is C[C@@H]1OC(c2ccc(-c3cc(Oc4ccc(S(C)(=O)=O)nc4)cc(O[C@@H](C)CO)c3)[nH]2)=N[C@@H]1CO. The van der Waals surface area contributed by atoms with E-state index < -0.39 is 15.9 Å². The average molecular weight is 502 g/mol. The molecule has 3 atom stereocenters. The molecule has 0 radical (unpaired) electrons. The van der Waals surface area contributed by atoms with Gasteiger partial charge in [-0.15, -0.1) is 0 Å². The van der Waals surface area contributed by atoms with E-state index in [-0.39, 0.29) is 30.4 Å². The largest absolute Gasteiger partial charge is 0.488 e. The van der Waals surface area contributed by atoms with Gasteiger partial charge in [0.1, 0.15) is 41.2 Å². The Morgan fingerprint density at radius 3 is 2.46 bits per heavy atom. The van der Waals surface area contributed by atoms with Crippen LogP contribution in [0.25, 0.3) is 11.3 Å². The predicted octanol–water partition coefficient (Wildman–Crippen LogP) is 2.56. The van der Waals surface area contributed by atoms with E-state index >= 15 is 0 Å². The second-order valence-corrected chi connectivity index (χ2v) is 10.3. The van der Waals surface area contributed by atoms with E-state index in [0.717, 1.165) is 17.5 Å². The fraction of sp³-hybridized carbons (Fsp3) is 0.333. The standard InChI is InChI=1S/C24H27N3O7S/c1-14(12-28)32-18-8-16(20-5-6-21(26-20)24-27-22(13-29)15(2)33-24)9-19(10-18)34-17-4-7-23(25-11-17)35(3,30)31/h4-11,14-15,22,26,28-29H,12-13H2,1-3H3/t14-,15-,22+/m0/s1. The number of pyridine rings is 1. The zero-order chi connectivity index (χ0) is 25.2. The summed E-state index contributed by atoms with van der Waals surface area (Å²) in [4.78, 5) is 11.6. The maximum atomic E-state index is 11.7. The Bertz CT molecular complexity index is 1320. The summed E-state index contributed by atoms with van der Waals surface area (Å²) in [5, 5.41) is 18.8. The quantitative estimate of drug-likeness (QED) is 0.406. The lowest BCUT2D eigenvalue weighted by atomic mass is 10.1. The van der Waals surface area contributed by atoms with Crippen LogP contribution in [0.4, 0.5) is 0 Å². The first-order chi connectivity index (χ1) is 16.7. The zero-order valence-electron chi connectivity index (χ0n) is 19.5. The van der Waals surface area contributed by atoms with Gasteiger partial charge in [0.25, 0.3) is 0 Å². The van der Waals surface area contributed by atoms with Crippen molar-refractivity contribution < 1.29 is 32.8 Å². The molecule has 11 heteroatoms. The van der Waals surface area contributed by atoms with Crippen LogP contribution in [-0.4, -0.2) is 72.2 Å². The summed E-state index contributed by atoms with van der Waals surface area (Å²) >= 11 is 0. The second kappa shape index (κ2) is 10.1. The van der Waals surface area contributed by atoms with Crippen molar-refractivity contribution in [1.82, 2.24) is 9.97 Å². The van der Waals surface area contributed by atoms with Crippen molar-refractivity contribution in [3.8, 4) is 28.5 Å². The van der Waals surface area contributed by atoms with Crippen LogP contribution in [0.15, 0.2) is 58.7 Å². The molecule has 4 rings (SSSR count). The Morgan fingerprint density at radius 1 is 1.09 bits per heavy atom. The van der Waals surface area contributed by atoms with E-state index in [9.17, 15) is 18.6 Å². The summed E-state index contributed by atoms with van der Waals surface area (Å²) in [7, 11) is -3.42. The number of hydrogen-bond donors (Lipinski definition) is 3. The van der Waals surface area contributed by atoms with E-state index in [1.165, 1.54) is 18.3 Å². The lowest BCUT2D eigenvalue weighted by Gasteiger charge is -2.15. The lowest BCUT2D eigenvalue weighted by Crippen LogP contribution is -2.21. The molecule has 0 unspecified atom stereocenters. The van der Waals surface area contributed by atoms with Crippen LogP contribution in [0, 0.1) is 0 Å². The third-order valence-electron chi connectivity index (χ3n) is 5.34. The van der Waals surface area contributed by atoms with Crippen molar-refractivity contribution in [2.45, 2.75) is 37.1 Å². The number of nitrogens with one attached hydrogen (secondary N) is 1. The first kappa shape index (κ1) is 24.7. The Kier molecular flexibility index (Phi) is 7.10. The van der Waals surface area contributed by atoms with Gasteiger partial charge in [0.2, 0.25) is 5.90 Å². The summed E-state index contributed by atoms with van der Waals surface area (Å²) in [6, 6.07) is 11.5. The number of benzene rings is 1. The van der Waals surface area contributed by atoms with Gasteiger partial charge in [-0.3, -0.25) is 0 Å². The maximum Gasteiger partial charge on any atom is 0.233 e. The molecule has 0 aliphatic carbocycles. The third-order valence-corrected chi connectivity index (χ3v) is 6.34. The van der Waals surface area contributed by atoms with Crippen LogP contribution in [-0.2, 0) is 14.6 Å². The van der Waals surface area contributed by atoms with Gasteiger partial charge >= 0.3 is 0 Å². The van der Waals surface area contributed by atoms with Crippen molar-refractivity contribution in [3.63, 3.8) is 0 Å². The van der Waals surface area contributed by atoms with Crippen LogP contribution in [0.1, 0.15) is 19.5 Å². The van der Waals surface area contributed by atoms with Gasteiger partial charge in [-0.1, -0.05) is 0 Å². The molecule has 0 fully saturated rings. The van der Waals surface area contributed by atoms with E-state index in [2.05, 4.69) is 15.0 Å². The molecule has 35 heavy (non-hydrogen) atoms. The van der Waals surface area contributed by atoms with E-state index in [1.54, 1.807) is 25.1 Å². The number of aliphatic imine (C=N–C) groups is 1. The van der Waals surface area contributed by atoms with Crippen molar-refractivity contribution in [3.05, 3.63) is 54.4 Å². The number of aliphatic hydroxyl groups is 2. The lowest BCUT2D eigenvalue weighted by molar-refractivity contribution is 0.129. The minimum absolute atomic E-state index is 0.0480. The number of aromatic nitrogens is 2. The number of aliphatic hydroxyl groups excluding tert-OH is 2. The first-order valence-electron chi connectivity index (χ1n) is 11.0. The summed E-state index contributed by atoms with van der Waals surface area (Å²) in [5.41, 5.74) is 2.14. The molecular weight excluding hydrogens is 474 g/mol.